The number of benzene rings is 1. The topological polar surface area (TPSA) is 25.4 Å². The summed E-state index contributed by atoms with van der Waals surface area (Å²) < 4.78 is 5.09. The van der Waals surface area contributed by atoms with Gasteiger partial charge >= 0.3 is 0 Å². The molecule has 4 heteroatoms. The Morgan fingerprint density at radius 2 is 2.06 bits per heavy atom. The molecule has 1 aromatic heterocycles. The van der Waals surface area contributed by atoms with Gasteiger partial charge in [-0.05, 0) is 18.2 Å². The fourth-order valence-corrected chi connectivity index (χ4v) is 3.40. The fourth-order valence-electron chi connectivity index (χ4n) is 2.12. The van der Waals surface area contributed by atoms with E-state index in [4.69, 9.17) is 4.74 Å². The minimum atomic E-state index is 0.292. The number of aromatic nitrogens is 1. The van der Waals surface area contributed by atoms with Gasteiger partial charge in [0.2, 0.25) is 5.88 Å². The van der Waals surface area contributed by atoms with Gasteiger partial charge in [-0.15, -0.1) is 0 Å². The molecule has 0 fully saturated rings. The van der Waals surface area contributed by atoms with Gasteiger partial charge in [0.05, 0.1) is 12.8 Å². The van der Waals surface area contributed by atoms with Crippen molar-refractivity contribution in [3.63, 3.8) is 0 Å². The van der Waals surface area contributed by atoms with Crippen molar-refractivity contribution in [3.05, 3.63) is 48.2 Å². The summed E-state index contributed by atoms with van der Waals surface area (Å²) in [7, 11) is 3.75. The van der Waals surface area contributed by atoms with Gasteiger partial charge in [-0.2, -0.15) is 0 Å². The Bertz CT molecular complexity index is 556. The lowest BCUT2D eigenvalue weighted by atomic mass is 10.2. The van der Waals surface area contributed by atoms with Crippen LogP contribution in [0.25, 0.3) is 0 Å². The predicted octanol–water partition coefficient (Wildman–Crippen LogP) is 3.33. The molecule has 3 nitrogen and oxygen atoms in total. The van der Waals surface area contributed by atoms with Gasteiger partial charge in [-0.1, -0.05) is 23.9 Å². The SMILES string of the molecule is COc1ccc(C2Sc3ccccc3N2C)cn1. The van der Waals surface area contributed by atoms with Crippen LogP contribution >= 0.6 is 11.8 Å². The van der Waals surface area contributed by atoms with Crippen molar-refractivity contribution in [1.82, 2.24) is 4.98 Å². The van der Waals surface area contributed by atoms with E-state index < -0.39 is 0 Å². The molecule has 0 radical (unpaired) electrons. The van der Waals surface area contributed by atoms with Crippen molar-refractivity contribution in [2.24, 2.45) is 0 Å². The Hall–Kier alpha value is -1.68. The van der Waals surface area contributed by atoms with Gasteiger partial charge in [0.15, 0.2) is 0 Å². The number of methoxy groups -OCH3 is 1. The van der Waals surface area contributed by atoms with Crippen LogP contribution in [-0.4, -0.2) is 19.1 Å². The third kappa shape index (κ3) is 1.82. The van der Waals surface area contributed by atoms with E-state index in [1.165, 1.54) is 16.1 Å². The van der Waals surface area contributed by atoms with Crippen molar-refractivity contribution in [2.75, 3.05) is 19.1 Å². The number of rotatable bonds is 2. The van der Waals surface area contributed by atoms with E-state index in [9.17, 15) is 0 Å². The van der Waals surface area contributed by atoms with Crippen LogP contribution in [0.1, 0.15) is 10.9 Å². The minimum Gasteiger partial charge on any atom is -0.481 e. The number of pyridine rings is 1. The monoisotopic (exact) mass is 258 g/mol. The second-order valence-electron chi connectivity index (χ2n) is 4.18. The van der Waals surface area contributed by atoms with E-state index in [1.807, 2.05) is 24.0 Å². The van der Waals surface area contributed by atoms with E-state index in [2.05, 4.69) is 47.3 Å². The first-order chi connectivity index (χ1) is 8.79. The highest BCUT2D eigenvalue weighted by Gasteiger charge is 2.28. The van der Waals surface area contributed by atoms with Crippen LogP contribution in [0.5, 0.6) is 5.88 Å². The summed E-state index contributed by atoms with van der Waals surface area (Å²) in [5, 5.41) is 0.292. The highest BCUT2D eigenvalue weighted by Crippen LogP contribution is 2.49. The number of nitrogens with zero attached hydrogens (tertiary/aromatic N) is 2. The van der Waals surface area contributed by atoms with E-state index in [0.29, 0.717) is 11.3 Å². The standard InChI is InChI=1S/C14H14N2OS/c1-16-11-5-3-4-6-12(11)18-14(16)10-7-8-13(17-2)15-9-10/h3-9,14H,1-2H3. The number of thioether (sulfide) groups is 1. The van der Waals surface area contributed by atoms with E-state index in [0.717, 1.165) is 0 Å². The molecule has 0 amide bonds. The summed E-state index contributed by atoms with van der Waals surface area (Å²) in [5.74, 6) is 0.655. The molecule has 0 N–H and O–H groups in total. The quantitative estimate of drug-likeness (QED) is 0.825. The van der Waals surface area contributed by atoms with Crippen LogP contribution in [0.2, 0.25) is 0 Å². The highest BCUT2D eigenvalue weighted by molar-refractivity contribution is 8.00. The van der Waals surface area contributed by atoms with Crippen molar-refractivity contribution in [2.45, 2.75) is 10.3 Å². The molecule has 3 rings (SSSR count). The predicted molar refractivity (Wildman–Crippen MR) is 74.2 cm³/mol. The molecule has 92 valence electrons. The molecule has 0 spiro atoms. The lowest BCUT2D eigenvalue weighted by Crippen LogP contribution is -2.17. The number of ether oxygens (including phenoxy) is 1. The second kappa shape index (κ2) is 4.53. The van der Waals surface area contributed by atoms with Gasteiger partial charge < -0.3 is 9.64 Å². The number of fused-ring (bicyclic) bond motifs is 1. The maximum absolute atomic E-state index is 5.09. The Morgan fingerprint density at radius 3 is 2.72 bits per heavy atom. The molecule has 0 bridgehead atoms. The molecule has 2 aromatic rings. The summed E-state index contributed by atoms with van der Waals surface area (Å²) in [6, 6.07) is 12.4. The van der Waals surface area contributed by atoms with Crippen LogP contribution in [0.3, 0.4) is 0 Å². The van der Waals surface area contributed by atoms with Gasteiger partial charge in [-0.3, -0.25) is 0 Å². The van der Waals surface area contributed by atoms with Crippen LogP contribution in [0.15, 0.2) is 47.5 Å². The lowest BCUT2D eigenvalue weighted by Gasteiger charge is -2.21. The normalized spacial score (nSPS) is 17.7. The first-order valence-corrected chi connectivity index (χ1v) is 6.66. The van der Waals surface area contributed by atoms with Crippen molar-refractivity contribution >= 4 is 17.4 Å². The van der Waals surface area contributed by atoms with Crippen LogP contribution in [0.4, 0.5) is 5.69 Å². The number of para-hydroxylation sites is 1. The maximum Gasteiger partial charge on any atom is 0.212 e. The van der Waals surface area contributed by atoms with Crippen molar-refractivity contribution < 1.29 is 4.74 Å². The van der Waals surface area contributed by atoms with Gasteiger partial charge in [-0.25, -0.2) is 4.98 Å². The van der Waals surface area contributed by atoms with Crippen LogP contribution in [0, 0.1) is 0 Å². The molecular weight excluding hydrogens is 244 g/mol. The summed E-state index contributed by atoms with van der Waals surface area (Å²) in [6.07, 6.45) is 1.89. The molecule has 2 heterocycles. The van der Waals surface area contributed by atoms with Gasteiger partial charge in [0.1, 0.15) is 5.37 Å². The Morgan fingerprint density at radius 1 is 1.22 bits per heavy atom. The molecule has 1 aliphatic rings. The van der Waals surface area contributed by atoms with Crippen molar-refractivity contribution in [3.8, 4) is 5.88 Å². The average Bonchev–Trinajstić information content (AvgIpc) is 2.77. The first kappa shape index (κ1) is 11.4. The molecule has 0 aliphatic carbocycles. The molecule has 1 aromatic carbocycles. The third-order valence-corrected chi connectivity index (χ3v) is 4.50. The summed E-state index contributed by atoms with van der Waals surface area (Å²) in [4.78, 5) is 7.88. The largest absolute Gasteiger partial charge is 0.481 e. The van der Waals surface area contributed by atoms with Gasteiger partial charge in [0.25, 0.3) is 0 Å². The molecule has 0 saturated carbocycles. The molecule has 18 heavy (non-hydrogen) atoms. The zero-order valence-electron chi connectivity index (χ0n) is 10.3. The minimum absolute atomic E-state index is 0.292. The van der Waals surface area contributed by atoms with Crippen molar-refractivity contribution in [1.29, 1.82) is 0 Å². The Kier molecular flexibility index (Phi) is 2.88. The molecule has 1 unspecified atom stereocenters. The average molecular weight is 258 g/mol. The molecular formula is C14H14N2OS. The van der Waals surface area contributed by atoms with E-state index in [-0.39, 0.29) is 0 Å². The highest BCUT2D eigenvalue weighted by atomic mass is 32.2. The molecule has 0 saturated heterocycles. The number of hydrogen-bond donors (Lipinski definition) is 0. The van der Waals surface area contributed by atoms with E-state index >= 15 is 0 Å². The Balaban J connectivity index is 1.91. The Labute approximate surface area is 111 Å². The van der Waals surface area contributed by atoms with Gasteiger partial charge in [0, 0.05) is 29.8 Å². The van der Waals surface area contributed by atoms with Crippen LogP contribution in [-0.2, 0) is 0 Å². The fraction of sp³-hybridized carbons (Fsp3) is 0.214. The molecule has 1 aliphatic heterocycles. The first-order valence-electron chi connectivity index (χ1n) is 5.78. The second-order valence-corrected chi connectivity index (χ2v) is 5.30. The summed E-state index contributed by atoms with van der Waals surface area (Å²) in [5.41, 5.74) is 2.47. The third-order valence-electron chi connectivity index (χ3n) is 3.09. The van der Waals surface area contributed by atoms with Crippen LogP contribution < -0.4 is 9.64 Å². The summed E-state index contributed by atoms with van der Waals surface area (Å²) in [6.45, 7) is 0. The zero-order valence-corrected chi connectivity index (χ0v) is 11.1. The number of hydrogen-bond acceptors (Lipinski definition) is 4. The van der Waals surface area contributed by atoms with E-state index in [1.54, 1.807) is 7.11 Å². The summed E-state index contributed by atoms with van der Waals surface area (Å²) >= 11 is 1.86. The molecule has 1 atom stereocenters. The lowest BCUT2D eigenvalue weighted by molar-refractivity contribution is 0.397. The number of anilines is 1. The zero-order chi connectivity index (χ0) is 12.5. The maximum atomic E-state index is 5.09. The smallest absolute Gasteiger partial charge is 0.212 e.